The highest BCUT2D eigenvalue weighted by Gasteiger charge is 2.18. The number of benzene rings is 1. The first-order valence-corrected chi connectivity index (χ1v) is 7.56. The summed E-state index contributed by atoms with van der Waals surface area (Å²) in [6.07, 6.45) is 3.32. The van der Waals surface area contributed by atoms with Crippen LogP contribution >= 0.6 is 0 Å². The van der Waals surface area contributed by atoms with Gasteiger partial charge in [0.1, 0.15) is 5.75 Å². The number of hydrogen-bond acceptors (Lipinski definition) is 6. The maximum atomic E-state index is 10.1. The highest BCUT2D eigenvalue weighted by atomic mass is 16.5. The lowest BCUT2D eigenvalue weighted by Gasteiger charge is -2.00. The van der Waals surface area contributed by atoms with Crippen molar-refractivity contribution in [2.24, 2.45) is 10.2 Å². The largest absolute Gasteiger partial charge is 0.504 e. The van der Waals surface area contributed by atoms with Gasteiger partial charge in [-0.1, -0.05) is 6.07 Å². The van der Waals surface area contributed by atoms with E-state index in [1.54, 1.807) is 54.3 Å². The fourth-order valence-corrected chi connectivity index (χ4v) is 2.49. The van der Waals surface area contributed by atoms with Crippen molar-refractivity contribution >= 4 is 17.2 Å². The summed E-state index contributed by atoms with van der Waals surface area (Å²) in [6, 6.07) is 14.1. The maximum absolute atomic E-state index is 10.1. The Balaban J connectivity index is 1.86. The molecule has 3 aromatic heterocycles. The Morgan fingerprint density at radius 3 is 2.84 bits per heavy atom. The van der Waals surface area contributed by atoms with E-state index in [0.29, 0.717) is 34.4 Å². The van der Waals surface area contributed by atoms with Crippen molar-refractivity contribution in [2.75, 3.05) is 7.11 Å². The van der Waals surface area contributed by atoms with Gasteiger partial charge in [0, 0.05) is 12.3 Å². The zero-order valence-electron chi connectivity index (χ0n) is 13.3. The second-order valence-corrected chi connectivity index (χ2v) is 5.25. The Labute approximate surface area is 142 Å². The number of furan rings is 1. The second-order valence-electron chi connectivity index (χ2n) is 5.25. The number of pyridine rings is 1. The number of ether oxygens (including phenoxy) is 1. The van der Waals surface area contributed by atoms with Crippen molar-refractivity contribution in [2.45, 2.75) is 0 Å². The van der Waals surface area contributed by atoms with E-state index < -0.39 is 0 Å². The number of fused-ring (bicyclic) bond motifs is 1. The standard InChI is InChI=1S/C18H14N4O3/c1-24-13-6-2-5-12(11-13)20-21-18-16(15-8-4-10-25-15)19-17-14(23)7-3-9-22(17)18/h2-11,23H,1H3. The number of rotatable bonds is 4. The van der Waals surface area contributed by atoms with Crippen LogP contribution in [-0.2, 0) is 0 Å². The fraction of sp³-hybridized carbons (Fsp3) is 0.0556. The van der Waals surface area contributed by atoms with Crippen LogP contribution in [0.4, 0.5) is 11.5 Å². The van der Waals surface area contributed by atoms with Gasteiger partial charge in [-0.15, -0.1) is 10.2 Å². The summed E-state index contributed by atoms with van der Waals surface area (Å²) in [4.78, 5) is 4.44. The monoisotopic (exact) mass is 334 g/mol. The van der Waals surface area contributed by atoms with E-state index in [1.807, 2.05) is 18.2 Å². The molecule has 0 radical (unpaired) electrons. The second kappa shape index (κ2) is 6.12. The van der Waals surface area contributed by atoms with Crippen LogP contribution in [0.5, 0.6) is 11.5 Å². The smallest absolute Gasteiger partial charge is 0.190 e. The molecule has 0 fully saturated rings. The first-order valence-electron chi connectivity index (χ1n) is 7.56. The average Bonchev–Trinajstić information content (AvgIpc) is 3.28. The first-order chi connectivity index (χ1) is 12.3. The van der Waals surface area contributed by atoms with Crippen molar-refractivity contribution in [1.29, 1.82) is 0 Å². The van der Waals surface area contributed by atoms with Gasteiger partial charge in [-0.25, -0.2) is 4.98 Å². The number of methoxy groups -OCH3 is 1. The summed E-state index contributed by atoms with van der Waals surface area (Å²) in [5, 5.41) is 18.7. The van der Waals surface area contributed by atoms with Crippen LogP contribution in [0.15, 0.2) is 75.6 Å². The molecule has 7 nitrogen and oxygen atoms in total. The minimum Gasteiger partial charge on any atom is -0.504 e. The van der Waals surface area contributed by atoms with Crippen LogP contribution in [-0.4, -0.2) is 21.6 Å². The Hall–Kier alpha value is -3.61. The molecule has 0 bridgehead atoms. The summed E-state index contributed by atoms with van der Waals surface area (Å²) in [6.45, 7) is 0. The van der Waals surface area contributed by atoms with Crippen LogP contribution in [0.3, 0.4) is 0 Å². The van der Waals surface area contributed by atoms with Crippen LogP contribution in [0, 0.1) is 0 Å². The number of nitrogens with zero attached hydrogens (tertiary/aromatic N) is 4. The lowest BCUT2D eigenvalue weighted by atomic mass is 10.3. The fourth-order valence-electron chi connectivity index (χ4n) is 2.49. The van der Waals surface area contributed by atoms with Gasteiger partial charge in [0.2, 0.25) is 0 Å². The predicted octanol–water partition coefficient (Wildman–Crippen LogP) is 4.72. The molecular weight excluding hydrogens is 320 g/mol. The minimum absolute atomic E-state index is 0.0538. The molecule has 4 aromatic rings. The Bertz CT molecular complexity index is 1050. The quantitative estimate of drug-likeness (QED) is 0.547. The van der Waals surface area contributed by atoms with E-state index in [0.717, 1.165) is 0 Å². The van der Waals surface area contributed by atoms with Crippen LogP contribution in [0.25, 0.3) is 17.1 Å². The van der Waals surface area contributed by atoms with Gasteiger partial charge in [0.15, 0.2) is 28.7 Å². The van der Waals surface area contributed by atoms with Crippen molar-refractivity contribution in [3.05, 3.63) is 61.0 Å². The normalized spacial score (nSPS) is 11.4. The molecule has 0 spiro atoms. The van der Waals surface area contributed by atoms with Crippen molar-refractivity contribution in [3.63, 3.8) is 0 Å². The van der Waals surface area contributed by atoms with E-state index >= 15 is 0 Å². The van der Waals surface area contributed by atoms with Gasteiger partial charge in [-0.3, -0.25) is 4.40 Å². The van der Waals surface area contributed by atoms with Gasteiger partial charge in [0.25, 0.3) is 0 Å². The molecule has 0 saturated heterocycles. The molecule has 1 N–H and O–H groups in total. The van der Waals surface area contributed by atoms with Gasteiger partial charge in [-0.2, -0.15) is 0 Å². The number of hydrogen-bond donors (Lipinski definition) is 1. The Morgan fingerprint density at radius 2 is 2.04 bits per heavy atom. The molecule has 4 rings (SSSR count). The van der Waals surface area contributed by atoms with Gasteiger partial charge < -0.3 is 14.3 Å². The summed E-state index contributed by atoms with van der Waals surface area (Å²) in [5.74, 6) is 1.75. The minimum atomic E-state index is 0.0538. The number of azo groups is 1. The topological polar surface area (TPSA) is 84.6 Å². The summed E-state index contributed by atoms with van der Waals surface area (Å²) in [5.41, 5.74) is 1.52. The third kappa shape index (κ3) is 2.72. The zero-order chi connectivity index (χ0) is 17.2. The van der Waals surface area contributed by atoms with Crippen molar-refractivity contribution < 1.29 is 14.3 Å². The molecule has 0 saturated carbocycles. The van der Waals surface area contributed by atoms with E-state index in [2.05, 4.69) is 15.2 Å². The molecule has 3 heterocycles. The van der Waals surface area contributed by atoms with Crippen LogP contribution in [0.2, 0.25) is 0 Å². The third-order valence-corrected chi connectivity index (χ3v) is 3.67. The molecule has 0 unspecified atom stereocenters. The van der Waals surface area contributed by atoms with E-state index in [4.69, 9.17) is 9.15 Å². The number of aromatic nitrogens is 2. The molecule has 0 aliphatic rings. The third-order valence-electron chi connectivity index (χ3n) is 3.67. The Kier molecular flexibility index (Phi) is 3.66. The molecule has 0 aliphatic carbocycles. The molecule has 1 aromatic carbocycles. The number of imidazole rings is 1. The number of aromatic hydroxyl groups is 1. The van der Waals surface area contributed by atoms with Crippen molar-refractivity contribution in [1.82, 2.24) is 9.38 Å². The summed E-state index contributed by atoms with van der Waals surface area (Å²) >= 11 is 0. The molecule has 0 amide bonds. The molecule has 0 aliphatic heterocycles. The van der Waals surface area contributed by atoms with E-state index in [-0.39, 0.29) is 5.75 Å². The van der Waals surface area contributed by atoms with E-state index in [1.165, 1.54) is 0 Å². The van der Waals surface area contributed by atoms with E-state index in [9.17, 15) is 5.11 Å². The maximum Gasteiger partial charge on any atom is 0.190 e. The highest BCUT2D eigenvalue weighted by Crippen LogP contribution is 2.35. The van der Waals surface area contributed by atoms with Gasteiger partial charge in [-0.05, 0) is 36.4 Å². The van der Waals surface area contributed by atoms with Crippen LogP contribution < -0.4 is 4.74 Å². The first kappa shape index (κ1) is 14.9. The van der Waals surface area contributed by atoms with Crippen molar-refractivity contribution in [3.8, 4) is 23.0 Å². The average molecular weight is 334 g/mol. The Morgan fingerprint density at radius 1 is 1.12 bits per heavy atom. The van der Waals surface area contributed by atoms with Gasteiger partial charge in [0.05, 0.1) is 19.1 Å². The summed E-state index contributed by atoms with van der Waals surface area (Å²) < 4.78 is 12.3. The molecule has 124 valence electrons. The lowest BCUT2D eigenvalue weighted by molar-refractivity contribution is 0.415. The zero-order valence-corrected chi connectivity index (χ0v) is 13.3. The molecule has 25 heavy (non-hydrogen) atoms. The predicted molar refractivity (Wildman–Crippen MR) is 91.7 cm³/mol. The molecular formula is C18H14N4O3. The molecule has 0 atom stereocenters. The van der Waals surface area contributed by atoms with Gasteiger partial charge >= 0.3 is 0 Å². The summed E-state index contributed by atoms with van der Waals surface area (Å²) in [7, 11) is 1.60. The lowest BCUT2D eigenvalue weighted by Crippen LogP contribution is -1.83. The SMILES string of the molecule is COc1cccc(N=Nc2c(-c3ccco3)nc3c(O)cccn23)c1. The highest BCUT2D eigenvalue weighted by molar-refractivity contribution is 5.73. The van der Waals surface area contributed by atoms with Crippen LogP contribution in [0.1, 0.15) is 0 Å². The molecule has 7 heteroatoms.